The monoisotopic (exact) mass is 341 g/mol. The lowest BCUT2D eigenvalue weighted by atomic mass is 9.79. The van der Waals surface area contributed by atoms with Crippen molar-refractivity contribution in [2.45, 2.75) is 38.4 Å². The van der Waals surface area contributed by atoms with E-state index in [1.807, 2.05) is 19.1 Å². The Bertz CT molecular complexity index is 817. The number of benzene rings is 1. The zero-order valence-corrected chi connectivity index (χ0v) is 14.4. The molecule has 7 heteroatoms. The number of likely N-dealkylation sites (N-methyl/N-ethyl adjacent to an activating group) is 1. The first-order chi connectivity index (χ1) is 11.9. The minimum Gasteiger partial charge on any atom is -0.454 e. The molecule has 1 aromatic carbocycles. The molecule has 3 aliphatic heterocycles. The molecule has 4 atom stereocenters. The van der Waals surface area contributed by atoms with Crippen LogP contribution < -0.4 is 9.47 Å². The fourth-order valence-corrected chi connectivity index (χ4v) is 4.11. The molecule has 0 bridgehead atoms. The van der Waals surface area contributed by atoms with Crippen molar-refractivity contribution in [1.82, 2.24) is 9.80 Å². The Hall–Kier alpha value is -2.75. The van der Waals surface area contributed by atoms with E-state index in [4.69, 9.17) is 9.47 Å². The molecular weight excluding hydrogens is 322 g/mol. The fraction of sp³-hybridized carbons (Fsp3) is 0.500. The van der Waals surface area contributed by atoms with Crippen molar-refractivity contribution in [2.75, 3.05) is 13.8 Å². The first-order valence-corrected chi connectivity index (χ1v) is 8.27. The highest BCUT2D eigenvalue weighted by molar-refractivity contribution is 5.97. The van der Waals surface area contributed by atoms with Crippen LogP contribution in [0.15, 0.2) is 18.2 Å². The van der Waals surface area contributed by atoms with Crippen molar-refractivity contribution < 1.29 is 19.1 Å². The van der Waals surface area contributed by atoms with Crippen LogP contribution in [0.5, 0.6) is 11.5 Å². The summed E-state index contributed by atoms with van der Waals surface area (Å²) in [5.41, 5.74) is -0.0668. The summed E-state index contributed by atoms with van der Waals surface area (Å²) in [5.74, 6) is 0.999. The largest absolute Gasteiger partial charge is 0.454 e. The summed E-state index contributed by atoms with van der Waals surface area (Å²) in [5, 5.41) is 9.83. The SMILES string of the molecule is C[C@@H]1C(=O)N2C(C[C@](C)(C#N)C2c2ccc3c(c2)OCO3)C(=O)N1C. The molecule has 25 heavy (non-hydrogen) atoms. The van der Waals surface area contributed by atoms with Crippen molar-refractivity contribution in [3.63, 3.8) is 0 Å². The van der Waals surface area contributed by atoms with E-state index >= 15 is 0 Å². The first-order valence-electron chi connectivity index (χ1n) is 8.27. The number of amides is 2. The Balaban J connectivity index is 1.83. The van der Waals surface area contributed by atoms with Crippen LogP contribution >= 0.6 is 0 Å². The summed E-state index contributed by atoms with van der Waals surface area (Å²) >= 11 is 0. The maximum atomic E-state index is 13.0. The molecule has 2 saturated heterocycles. The predicted octanol–water partition coefficient (Wildman–Crippen LogP) is 1.45. The van der Waals surface area contributed by atoms with Crippen LogP contribution in [0.3, 0.4) is 0 Å². The smallest absolute Gasteiger partial charge is 0.246 e. The van der Waals surface area contributed by atoms with Crippen LogP contribution in [0.4, 0.5) is 0 Å². The maximum Gasteiger partial charge on any atom is 0.246 e. The van der Waals surface area contributed by atoms with Gasteiger partial charge in [-0.3, -0.25) is 9.59 Å². The van der Waals surface area contributed by atoms with Crippen molar-refractivity contribution in [3.8, 4) is 17.6 Å². The number of hydrogen-bond acceptors (Lipinski definition) is 5. The topological polar surface area (TPSA) is 82.9 Å². The molecule has 0 spiro atoms. The Labute approximate surface area is 145 Å². The minimum atomic E-state index is -0.853. The number of nitriles is 1. The zero-order valence-electron chi connectivity index (χ0n) is 14.4. The van der Waals surface area contributed by atoms with Gasteiger partial charge in [0.1, 0.15) is 12.1 Å². The number of piperazine rings is 1. The molecule has 4 rings (SSSR count). The van der Waals surface area contributed by atoms with E-state index in [2.05, 4.69) is 6.07 Å². The summed E-state index contributed by atoms with van der Waals surface area (Å²) in [6, 6.07) is 6.15. The molecule has 130 valence electrons. The summed E-state index contributed by atoms with van der Waals surface area (Å²) in [7, 11) is 1.64. The predicted molar refractivity (Wildman–Crippen MR) is 86.5 cm³/mol. The third-order valence-corrected chi connectivity index (χ3v) is 5.63. The minimum absolute atomic E-state index is 0.114. The number of rotatable bonds is 1. The summed E-state index contributed by atoms with van der Waals surface area (Å²) in [6.07, 6.45) is 0.324. The Kier molecular flexibility index (Phi) is 3.23. The van der Waals surface area contributed by atoms with Gasteiger partial charge < -0.3 is 19.3 Å². The van der Waals surface area contributed by atoms with Gasteiger partial charge in [-0.25, -0.2) is 0 Å². The molecule has 0 aromatic heterocycles. The van der Waals surface area contributed by atoms with E-state index in [-0.39, 0.29) is 18.6 Å². The molecule has 3 heterocycles. The number of carbonyl (C=O) groups excluding carboxylic acids is 2. The molecule has 0 aliphatic carbocycles. The molecular formula is C18H19N3O4. The molecule has 2 amide bonds. The molecule has 2 unspecified atom stereocenters. The van der Waals surface area contributed by atoms with Gasteiger partial charge in [0, 0.05) is 7.05 Å². The van der Waals surface area contributed by atoms with Crippen molar-refractivity contribution in [2.24, 2.45) is 5.41 Å². The van der Waals surface area contributed by atoms with Gasteiger partial charge in [0.15, 0.2) is 11.5 Å². The van der Waals surface area contributed by atoms with Crippen molar-refractivity contribution >= 4 is 11.8 Å². The second kappa shape index (κ2) is 5.12. The van der Waals surface area contributed by atoms with Crippen LogP contribution in [-0.2, 0) is 9.59 Å². The highest BCUT2D eigenvalue weighted by Crippen LogP contribution is 2.52. The Morgan fingerprint density at radius 2 is 1.96 bits per heavy atom. The maximum absolute atomic E-state index is 13.0. The third-order valence-electron chi connectivity index (χ3n) is 5.63. The third kappa shape index (κ3) is 2.03. The van der Waals surface area contributed by atoms with Gasteiger partial charge in [-0.1, -0.05) is 6.07 Å². The summed E-state index contributed by atoms with van der Waals surface area (Å²) in [4.78, 5) is 28.7. The lowest BCUT2D eigenvalue weighted by molar-refractivity contribution is -0.159. The van der Waals surface area contributed by atoms with Gasteiger partial charge in [0.25, 0.3) is 0 Å². The number of hydrogen-bond donors (Lipinski definition) is 0. The number of carbonyl (C=O) groups is 2. The quantitative estimate of drug-likeness (QED) is 0.772. The lowest BCUT2D eigenvalue weighted by Gasteiger charge is -2.42. The average Bonchev–Trinajstić information content (AvgIpc) is 3.20. The molecule has 7 nitrogen and oxygen atoms in total. The fourth-order valence-electron chi connectivity index (χ4n) is 4.11. The van der Waals surface area contributed by atoms with Gasteiger partial charge in [0.2, 0.25) is 18.6 Å². The van der Waals surface area contributed by atoms with Crippen molar-refractivity contribution in [1.29, 1.82) is 5.26 Å². The van der Waals surface area contributed by atoms with E-state index in [0.29, 0.717) is 17.9 Å². The molecule has 2 fully saturated rings. The summed E-state index contributed by atoms with van der Waals surface area (Å²) < 4.78 is 10.8. The standard InChI is InChI=1S/C18H19N3O4/c1-10-16(22)21-12(17(23)20(10)3)7-18(2,8-19)15(21)11-4-5-13-14(6-11)25-9-24-13/h4-6,10,12,15H,7,9H2,1-3H3/t10-,12?,15?,18-/m1/s1. The van der Waals surface area contributed by atoms with E-state index < -0.39 is 23.5 Å². The van der Waals surface area contributed by atoms with Crippen LogP contribution in [0, 0.1) is 16.7 Å². The molecule has 0 saturated carbocycles. The number of nitrogens with zero attached hydrogens (tertiary/aromatic N) is 3. The van der Waals surface area contributed by atoms with Crippen LogP contribution in [0.25, 0.3) is 0 Å². The number of ether oxygens (including phenoxy) is 2. The highest BCUT2D eigenvalue weighted by atomic mass is 16.7. The van der Waals surface area contributed by atoms with Gasteiger partial charge in [0.05, 0.1) is 17.5 Å². The van der Waals surface area contributed by atoms with E-state index in [9.17, 15) is 14.9 Å². The van der Waals surface area contributed by atoms with Crippen LogP contribution in [0.1, 0.15) is 31.9 Å². The molecule has 3 aliphatic rings. The second-order valence-electron chi connectivity index (χ2n) is 7.14. The van der Waals surface area contributed by atoms with Crippen LogP contribution in [0.2, 0.25) is 0 Å². The van der Waals surface area contributed by atoms with E-state index in [0.717, 1.165) is 5.56 Å². The molecule has 1 aromatic rings. The highest BCUT2D eigenvalue weighted by Gasteiger charge is 2.58. The van der Waals surface area contributed by atoms with E-state index in [1.165, 1.54) is 4.90 Å². The van der Waals surface area contributed by atoms with Gasteiger partial charge in [-0.2, -0.15) is 5.26 Å². The molecule has 0 N–H and O–H groups in total. The normalized spacial score (nSPS) is 33.4. The Morgan fingerprint density at radius 3 is 2.68 bits per heavy atom. The zero-order chi connectivity index (χ0) is 17.9. The Morgan fingerprint density at radius 1 is 1.24 bits per heavy atom. The lowest BCUT2D eigenvalue weighted by Crippen LogP contribution is -2.60. The number of fused-ring (bicyclic) bond motifs is 2. The van der Waals surface area contributed by atoms with Crippen LogP contribution in [-0.4, -0.2) is 47.5 Å². The van der Waals surface area contributed by atoms with E-state index in [1.54, 1.807) is 24.9 Å². The van der Waals surface area contributed by atoms with Gasteiger partial charge in [-0.05, 0) is 38.0 Å². The first kappa shape index (κ1) is 15.8. The molecule has 0 radical (unpaired) electrons. The summed E-state index contributed by atoms with van der Waals surface area (Å²) in [6.45, 7) is 3.69. The van der Waals surface area contributed by atoms with Crippen molar-refractivity contribution in [3.05, 3.63) is 23.8 Å². The second-order valence-corrected chi connectivity index (χ2v) is 7.14. The van der Waals surface area contributed by atoms with Gasteiger partial charge in [-0.15, -0.1) is 0 Å². The van der Waals surface area contributed by atoms with Gasteiger partial charge >= 0.3 is 0 Å². The average molecular weight is 341 g/mol.